The molecule has 32 heavy (non-hydrogen) atoms. The molecule has 0 atom stereocenters. The van der Waals surface area contributed by atoms with E-state index in [4.69, 9.17) is 10.2 Å². The Balaban J connectivity index is 0.000000391. The van der Waals surface area contributed by atoms with Crippen molar-refractivity contribution in [3.8, 4) is 0 Å². The van der Waals surface area contributed by atoms with Gasteiger partial charge >= 0.3 is 0 Å². The third-order valence-electron chi connectivity index (χ3n) is 3.84. The number of aliphatic hydroxyl groups excluding tert-OH is 2. The van der Waals surface area contributed by atoms with Gasteiger partial charge in [0.15, 0.2) is 0 Å². The molecule has 0 saturated heterocycles. The van der Waals surface area contributed by atoms with Gasteiger partial charge < -0.3 is 10.2 Å². The van der Waals surface area contributed by atoms with Crippen LogP contribution in [0.25, 0.3) is 0 Å². The lowest BCUT2D eigenvalue weighted by atomic mass is 10.2. The number of hydrogen-bond donors (Lipinski definition) is 2. The molecule has 0 fully saturated rings. The van der Waals surface area contributed by atoms with Crippen LogP contribution in [0.4, 0.5) is 0 Å². The second kappa shape index (κ2) is 20.7. The molecule has 0 bridgehead atoms. The lowest BCUT2D eigenvalue weighted by molar-refractivity contribution is 0.112. The summed E-state index contributed by atoms with van der Waals surface area (Å²) in [5.74, 6) is 0. The predicted molar refractivity (Wildman–Crippen MR) is 135 cm³/mol. The fraction of sp³-hybridized carbons (Fsp3) is 0.138. The van der Waals surface area contributed by atoms with E-state index in [1.54, 1.807) is 12.1 Å². The minimum Gasteiger partial charge on any atom is -0.400 e. The molecule has 0 radical (unpaired) electrons. The van der Waals surface area contributed by atoms with Crippen LogP contribution in [0.3, 0.4) is 0 Å². The number of rotatable bonds is 2. The van der Waals surface area contributed by atoms with E-state index in [9.17, 15) is 4.79 Å². The van der Waals surface area contributed by atoms with Crippen LogP contribution in [-0.4, -0.2) is 23.6 Å². The molecule has 2 N–H and O–H groups in total. The van der Waals surface area contributed by atoms with E-state index in [0.717, 1.165) is 24.5 Å². The topological polar surface area (TPSA) is 57.5 Å². The van der Waals surface area contributed by atoms with Gasteiger partial charge in [0.05, 0.1) is 6.61 Å². The molecule has 168 valence electrons. The third-order valence-corrected chi connectivity index (χ3v) is 3.84. The average Bonchev–Trinajstić information content (AvgIpc) is 2.88. The summed E-state index contributed by atoms with van der Waals surface area (Å²) in [6.45, 7) is 4.31. The fourth-order valence-corrected chi connectivity index (χ4v) is 2.18. The summed E-state index contributed by atoms with van der Waals surface area (Å²) in [4.78, 5) is 10.0. The van der Waals surface area contributed by atoms with Crippen molar-refractivity contribution >= 4 is 6.29 Å². The van der Waals surface area contributed by atoms with Gasteiger partial charge in [0.1, 0.15) is 6.29 Å². The van der Waals surface area contributed by atoms with Crippen LogP contribution < -0.4 is 0 Å². The van der Waals surface area contributed by atoms with Crippen molar-refractivity contribution in [3.63, 3.8) is 0 Å². The SMILES string of the molecule is CO.Cc1ccccc1.Cc1ccccc1.O=Cc1ccccc1.OCc1ccccc1. The van der Waals surface area contributed by atoms with E-state index in [-0.39, 0.29) is 6.61 Å². The summed E-state index contributed by atoms with van der Waals surface area (Å²) in [6, 6.07) is 39.1. The molecule has 3 nitrogen and oxygen atoms in total. The monoisotopic (exact) mass is 430 g/mol. The first-order chi connectivity index (χ1) is 15.7. The van der Waals surface area contributed by atoms with Crippen LogP contribution in [0.2, 0.25) is 0 Å². The second-order valence-electron chi connectivity index (χ2n) is 6.48. The number of carbonyl (C=O) groups excluding carboxylic acids is 1. The van der Waals surface area contributed by atoms with Gasteiger partial charge in [-0.2, -0.15) is 0 Å². The number of aldehydes is 1. The van der Waals surface area contributed by atoms with Crippen molar-refractivity contribution < 1.29 is 15.0 Å². The van der Waals surface area contributed by atoms with Gasteiger partial charge in [-0.1, -0.05) is 132 Å². The molecule has 4 rings (SSSR count). The lowest BCUT2D eigenvalue weighted by Gasteiger charge is -1.89. The van der Waals surface area contributed by atoms with Crippen LogP contribution in [0.15, 0.2) is 121 Å². The van der Waals surface area contributed by atoms with E-state index in [1.165, 1.54) is 11.1 Å². The first-order valence-electron chi connectivity index (χ1n) is 10.3. The number of aryl methyl sites for hydroxylation is 2. The summed E-state index contributed by atoms with van der Waals surface area (Å²) in [6.07, 6.45) is 0.833. The van der Waals surface area contributed by atoms with Crippen molar-refractivity contribution in [1.29, 1.82) is 0 Å². The molecule has 0 saturated carbocycles. The quantitative estimate of drug-likeness (QED) is 0.368. The highest BCUT2D eigenvalue weighted by molar-refractivity contribution is 5.74. The standard InChI is InChI=1S/C7H8O.C7H6O.2C7H8.CH4O/c2*8-6-7-4-2-1-3-5-7;2*1-7-5-3-2-4-6-7;1-2/h1-5,8H,6H2;1-6H;2*2-6H,1H3;2H,1H3. The molecule has 0 spiro atoms. The first-order valence-corrected chi connectivity index (χ1v) is 10.3. The zero-order valence-corrected chi connectivity index (χ0v) is 19.1. The zero-order chi connectivity index (χ0) is 23.9. The van der Waals surface area contributed by atoms with Crippen LogP contribution in [0.1, 0.15) is 27.0 Å². The molecule has 0 amide bonds. The Morgan fingerprint density at radius 2 is 0.875 bits per heavy atom. The fourth-order valence-electron chi connectivity index (χ4n) is 2.18. The Morgan fingerprint density at radius 1 is 0.562 bits per heavy atom. The maximum Gasteiger partial charge on any atom is 0.150 e. The molecule has 4 aromatic carbocycles. The van der Waals surface area contributed by atoms with Gasteiger partial charge in [-0.15, -0.1) is 0 Å². The lowest BCUT2D eigenvalue weighted by Crippen LogP contribution is -1.77. The average molecular weight is 431 g/mol. The molecule has 4 aromatic rings. The van der Waals surface area contributed by atoms with E-state index in [1.807, 2.05) is 84.9 Å². The highest BCUT2D eigenvalue weighted by Crippen LogP contribution is 1.95. The summed E-state index contributed by atoms with van der Waals surface area (Å²) < 4.78 is 0. The van der Waals surface area contributed by atoms with Gasteiger partial charge in [-0.05, 0) is 19.4 Å². The van der Waals surface area contributed by atoms with E-state index in [2.05, 4.69) is 38.1 Å². The zero-order valence-electron chi connectivity index (χ0n) is 19.1. The number of carbonyl (C=O) groups is 1. The van der Waals surface area contributed by atoms with E-state index >= 15 is 0 Å². The summed E-state index contributed by atoms with van der Waals surface area (Å²) in [5, 5.41) is 15.5. The number of hydrogen-bond acceptors (Lipinski definition) is 3. The number of aliphatic hydroxyl groups is 2. The van der Waals surface area contributed by atoms with Gasteiger partial charge in [0.25, 0.3) is 0 Å². The van der Waals surface area contributed by atoms with Gasteiger partial charge in [0, 0.05) is 12.7 Å². The molecular formula is C29H34O3. The van der Waals surface area contributed by atoms with E-state index < -0.39 is 0 Å². The summed E-state index contributed by atoms with van der Waals surface area (Å²) in [5.41, 5.74) is 4.34. The van der Waals surface area contributed by atoms with Crippen molar-refractivity contribution in [2.75, 3.05) is 7.11 Å². The van der Waals surface area contributed by atoms with Gasteiger partial charge in [-0.3, -0.25) is 4.79 Å². The highest BCUT2D eigenvalue weighted by Gasteiger charge is 1.81. The van der Waals surface area contributed by atoms with Crippen molar-refractivity contribution in [1.82, 2.24) is 0 Å². The minimum absolute atomic E-state index is 0.140. The molecule has 0 heterocycles. The maximum atomic E-state index is 10.0. The van der Waals surface area contributed by atoms with Gasteiger partial charge in [0.2, 0.25) is 0 Å². The Labute approximate surface area is 192 Å². The molecule has 0 aliphatic heterocycles. The largest absolute Gasteiger partial charge is 0.400 e. The molecular weight excluding hydrogens is 396 g/mol. The summed E-state index contributed by atoms with van der Waals surface area (Å²) >= 11 is 0. The Kier molecular flexibility index (Phi) is 18.4. The minimum atomic E-state index is 0.140. The van der Waals surface area contributed by atoms with Crippen LogP contribution in [0, 0.1) is 13.8 Å². The third kappa shape index (κ3) is 16.3. The summed E-state index contributed by atoms with van der Waals surface area (Å²) in [7, 11) is 1.00. The highest BCUT2D eigenvalue weighted by atomic mass is 16.3. The molecule has 0 aliphatic carbocycles. The Bertz CT molecular complexity index is 856. The van der Waals surface area contributed by atoms with Gasteiger partial charge in [-0.25, -0.2) is 0 Å². The normalized spacial score (nSPS) is 8.41. The first kappa shape index (κ1) is 28.5. The number of benzene rings is 4. The van der Waals surface area contributed by atoms with E-state index in [0.29, 0.717) is 0 Å². The van der Waals surface area contributed by atoms with Crippen molar-refractivity contribution in [3.05, 3.63) is 144 Å². The molecule has 3 heteroatoms. The predicted octanol–water partition coefficient (Wildman–Crippen LogP) is 6.28. The van der Waals surface area contributed by atoms with Crippen LogP contribution in [-0.2, 0) is 6.61 Å². The molecule has 0 aromatic heterocycles. The maximum absolute atomic E-state index is 10.0. The Morgan fingerprint density at radius 3 is 1.06 bits per heavy atom. The van der Waals surface area contributed by atoms with Crippen molar-refractivity contribution in [2.24, 2.45) is 0 Å². The second-order valence-corrected chi connectivity index (χ2v) is 6.48. The Hall–Kier alpha value is -3.53. The van der Waals surface area contributed by atoms with Crippen LogP contribution >= 0.6 is 0 Å². The molecule has 0 aliphatic rings. The molecule has 0 unspecified atom stereocenters. The smallest absolute Gasteiger partial charge is 0.150 e. The van der Waals surface area contributed by atoms with Crippen molar-refractivity contribution in [2.45, 2.75) is 20.5 Å². The van der Waals surface area contributed by atoms with Crippen LogP contribution in [0.5, 0.6) is 0 Å².